The van der Waals surface area contributed by atoms with Crippen LogP contribution in [0.25, 0.3) is 0 Å². The van der Waals surface area contributed by atoms with Crippen molar-refractivity contribution in [3.05, 3.63) is 34.9 Å². The van der Waals surface area contributed by atoms with Crippen LogP contribution >= 0.6 is 0 Å². The van der Waals surface area contributed by atoms with Crippen molar-refractivity contribution < 1.29 is 0 Å². The lowest BCUT2D eigenvalue weighted by atomic mass is 9.75. The van der Waals surface area contributed by atoms with Gasteiger partial charge >= 0.3 is 0 Å². The average molecular weight is 273 g/mol. The largest absolute Gasteiger partial charge is 0.310 e. The Kier molecular flexibility index (Phi) is 5.26. The van der Waals surface area contributed by atoms with Gasteiger partial charge in [0.1, 0.15) is 0 Å². The van der Waals surface area contributed by atoms with Crippen molar-refractivity contribution >= 4 is 0 Å². The van der Waals surface area contributed by atoms with Gasteiger partial charge in [0.05, 0.1) is 0 Å². The highest BCUT2D eigenvalue weighted by Crippen LogP contribution is 2.40. The zero-order valence-electron chi connectivity index (χ0n) is 13.9. The number of benzene rings is 1. The normalized spacial score (nSPS) is 17.6. The molecule has 0 aliphatic heterocycles. The second kappa shape index (κ2) is 6.76. The molecule has 0 heterocycles. The van der Waals surface area contributed by atoms with E-state index in [4.69, 9.17) is 0 Å². The molecular weight excluding hydrogens is 242 g/mol. The Morgan fingerprint density at radius 2 is 1.75 bits per heavy atom. The van der Waals surface area contributed by atoms with E-state index in [1.807, 2.05) is 0 Å². The molecular formula is C19H31N. The minimum atomic E-state index is 0.562. The molecule has 1 atom stereocenters. The summed E-state index contributed by atoms with van der Waals surface area (Å²) in [5.74, 6) is 2.06. The molecule has 1 saturated carbocycles. The summed E-state index contributed by atoms with van der Waals surface area (Å²) in [7, 11) is 0. The van der Waals surface area contributed by atoms with Crippen molar-refractivity contribution in [3.8, 4) is 0 Å². The van der Waals surface area contributed by atoms with Crippen molar-refractivity contribution in [2.45, 2.75) is 71.8 Å². The van der Waals surface area contributed by atoms with Gasteiger partial charge in [0.15, 0.2) is 0 Å². The SMILES string of the molecule is CCNC(c1ccc(C(C)C)cc1C(C)C)C1CCC1. The summed E-state index contributed by atoms with van der Waals surface area (Å²) in [6.45, 7) is 12.5. The van der Waals surface area contributed by atoms with Crippen molar-refractivity contribution in [1.82, 2.24) is 5.32 Å². The van der Waals surface area contributed by atoms with E-state index in [1.165, 1.54) is 24.8 Å². The maximum absolute atomic E-state index is 3.74. The predicted molar refractivity (Wildman–Crippen MR) is 88.4 cm³/mol. The number of hydrogen-bond acceptors (Lipinski definition) is 1. The first kappa shape index (κ1) is 15.6. The zero-order valence-corrected chi connectivity index (χ0v) is 13.9. The first-order valence-corrected chi connectivity index (χ1v) is 8.41. The summed E-state index contributed by atoms with van der Waals surface area (Å²) < 4.78 is 0. The minimum Gasteiger partial charge on any atom is -0.310 e. The van der Waals surface area contributed by atoms with Crippen LogP contribution in [0.15, 0.2) is 18.2 Å². The lowest BCUT2D eigenvalue weighted by Crippen LogP contribution is -2.33. The van der Waals surface area contributed by atoms with Gasteiger partial charge in [-0.25, -0.2) is 0 Å². The molecule has 0 bridgehead atoms. The summed E-state index contributed by atoms with van der Waals surface area (Å²) in [6.07, 6.45) is 4.19. The molecule has 1 N–H and O–H groups in total. The van der Waals surface area contributed by atoms with Gasteiger partial charge < -0.3 is 5.32 Å². The molecule has 1 unspecified atom stereocenters. The highest BCUT2D eigenvalue weighted by molar-refractivity contribution is 5.38. The van der Waals surface area contributed by atoms with E-state index < -0.39 is 0 Å². The standard InChI is InChI=1S/C19H31N/c1-6-20-19(15-8-7-9-15)17-11-10-16(13(2)3)12-18(17)14(4)5/h10-15,19-20H,6-9H2,1-5H3. The second-order valence-corrected chi connectivity index (χ2v) is 6.92. The molecule has 0 amide bonds. The van der Waals surface area contributed by atoms with Crippen molar-refractivity contribution in [2.75, 3.05) is 6.54 Å². The first-order chi connectivity index (χ1) is 9.54. The Hall–Kier alpha value is -0.820. The minimum absolute atomic E-state index is 0.562. The zero-order chi connectivity index (χ0) is 14.7. The molecule has 1 aromatic carbocycles. The summed E-state index contributed by atoms with van der Waals surface area (Å²) in [4.78, 5) is 0. The van der Waals surface area contributed by atoms with Crippen molar-refractivity contribution in [1.29, 1.82) is 0 Å². The van der Waals surface area contributed by atoms with Gasteiger partial charge in [-0.05, 0) is 53.8 Å². The van der Waals surface area contributed by atoms with E-state index in [0.29, 0.717) is 17.9 Å². The molecule has 0 spiro atoms. The topological polar surface area (TPSA) is 12.0 Å². The molecule has 20 heavy (non-hydrogen) atoms. The molecule has 1 heteroatoms. The van der Waals surface area contributed by atoms with Gasteiger partial charge in [-0.2, -0.15) is 0 Å². The van der Waals surface area contributed by atoms with E-state index in [-0.39, 0.29) is 0 Å². The maximum Gasteiger partial charge on any atom is 0.0351 e. The molecule has 1 aliphatic rings. The molecule has 1 aliphatic carbocycles. The number of hydrogen-bond donors (Lipinski definition) is 1. The Balaban J connectivity index is 2.36. The highest BCUT2D eigenvalue weighted by Gasteiger charge is 2.29. The second-order valence-electron chi connectivity index (χ2n) is 6.92. The molecule has 0 aromatic heterocycles. The summed E-state index contributed by atoms with van der Waals surface area (Å²) in [5, 5.41) is 3.74. The van der Waals surface area contributed by atoms with Crippen molar-refractivity contribution in [3.63, 3.8) is 0 Å². The van der Waals surface area contributed by atoms with E-state index in [0.717, 1.165) is 12.5 Å². The first-order valence-electron chi connectivity index (χ1n) is 8.41. The van der Waals surface area contributed by atoms with Gasteiger partial charge in [-0.15, -0.1) is 0 Å². The van der Waals surface area contributed by atoms with Gasteiger partial charge in [0, 0.05) is 6.04 Å². The van der Waals surface area contributed by atoms with Gasteiger partial charge in [-0.3, -0.25) is 0 Å². The van der Waals surface area contributed by atoms with E-state index in [9.17, 15) is 0 Å². The Morgan fingerprint density at radius 1 is 1.05 bits per heavy atom. The third-order valence-corrected chi connectivity index (χ3v) is 4.78. The summed E-state index contributed by atoms with van der Waals surface area (Å²) in [5.41, 5.74) is 4.58. The summed E-state index contributed by atoms with van der Waals surface area (Å²) >= 11 is 0. The number of nitrogens with one attached hydrogen (secondary N) is 1. The van der Waals surface area contributed by atoms with Crippen LogP contribution in [0.4, 0.5) is 0 Å². The lowest BCUT2D eigenvalue weighted by molar-refractivity contribution is 0.232. The quantitative estimate of drug-likeness (QED) is 0.733. The van der Waals surface area contributed by atoms with Crippen molar-refractivity contribution in [2.24, 2.45) is 5.92 Å². The van der Waals surface area contributed by atoms with E-state index in [1.54, 1.807) is 11.1 Å². The van der Waals surface area contributed by atoms with Crippen LogP contribution in [-0.2, 0) is 0 Å². The lowest BCUT2D eigenvalue weighted by Gasteiger charge is -2.36. The molecule has 0 radical (unpaired) electrons. The van der Waals surface area contributed by atoms with Gasteiger partial charge in [-0.1, -0.05) is 59.2 Å². The van der Waals surface area contributed by atoms with E-state index in [2.05, 4.69) is 58.1 Å². The Labute approximate surface area is 125 Å². The molecule has 1 aromatic rings. The van der Waals surface area contributed by atoms with E-state index >= 15 is 0 Å². The molecule has 1 nitrogen and oxygen atoms in total. The fourth-order valence-corrected chi connectivity index (χ4v) is 3.26. The van der Waals surface area contributed by atoms with Crippen LogP contribution in [0.2, 0.25) is 0 Å². The van der Waals surface area contributed by atoms with Crippen LogP contribution in [0, 0.1) is 5.92 Å². The predicted octanol–water partition coefficient (Wildman–Crippen LogP) is 5.38. The third kappa shape index (κ3) is 3.25. The molecule has 112 valence electrons. The fourth-order valence-electron chi connectivity index (χ4n) is 3.26. The smallest absolute Gasteiger partial charge is 0.0351 e. The fraction of sp³-hybridized carbons (Fsp3) is 0.684. The van der Waals surface area contributed by atoms with Crippen LogP contribution in [0.1, 0.15) is 88.4 Å². The number of rotatable bonds is 6. The third-order valence-electron chi connectivity index (χ3n) is 4.78. The highest BCUT2D eigenvalue weighted by atomic mass is 14.9. The van der Waals surface area contributed by atoms with Gasteiger partial charge in [0.2, 0.25) is 0 Å². The molecule has 1 fully saturated rings. The van der Waals surface area contributed by atoms with Crippen LogP contribution in [-0.4, -0.2) is 6.54 Å². The van der Waals surface area contributed by atoms with Crippen LogP contribution in [0.5, 0.6) is 0 Å². The summed E-state index contributed by atoms with van der Waals surface area (Å²) in [6, 6.07) is 7.76. The van der Waals surface area contributed by atoms with Gasteiger partial charge in [0.25, 0.3) is 0 Å². The molecule has 2 rings (SSSR count). The maximum atomic E-state index is 3.74. The van der Waals surface area contributed by atoms with Crippen LogP contribution in [0.3, 0.4) is 0 Å². The Morgan fingerprint density at radius 3 is 2.20 bits per heavy atom. The average Bonchev–Trinajstić information content (AvgIpc) is 2.35. The molecule has 0 saturated heterocycles. The van der Waals surface area contributed by atoms with Crippen LogP contribution < -0.4 is 5.32 Å². The monoisotopic (exact) mass is 273 g/mol. The Bertz CT molecular complexity index is 429.